The van der Waals surface area contributed by atoms with Crippen LogP contribution in [0.1, 0.15) is 5.56 Å². The zero-order chi connectivity index (χ0) is 28.3. The molecular formula is C36H26N4O2P+3. The van der Waals surface area contributed by atoms with E-state index in [9.17, 15) is 0 Å². The van der Waals surface area contributed by atoms with Crippen molar-refractivity contribution < 1.29 is 23.0 Å². The number of para-hydroxylation sites is 1. The van der Waals surface area contributed by atoms with Gasteiger partial charge in [0.05, 0.1) is 11.6 Å². The van der Waals surface area contributed by atoms with E-state index in [4.69, 9.17) is 4.74 Å². The normalized spacial score (nSPS) is 17.4. The Bertz CT molecular complexity index is 2410. The molecule has 6 nitrogen and oxygen atoms in total. The Morgan fingerprint density at radius 2 is 1.49 bits per heavy atom. The number of hydrogen-bond donors (Lipinski definition) is 0. The molecule has 0 radical (unpaired) electrons. The first-order chi connectivity index (χ1) is 21.2. The fourth-order valence-corrected chi connectivity index (χ4v) is 11.0. The molecule has 3 aromatic carbocycles. The van der Waals surface area contributed by atoms with Crippen LogP contribution < -0.4 is 34.5 Å². The van der Waals surface area contributed by atoms with E-state index in [0.717, 1.165) is 66.7 Å². The highest BCUT2D eigenvalue weighted by molar-refractivity contribution is 7.86. The van der Waals surface area contributed by atoms with Crippen LogP contribution in [-0.2, 0) is 24.2 Å². The summed E-state index contributed by atoms with van der Waals surface area (Å²) >= 11 is 0. The van der Waals surface area contributed by atoms with Crippen LogP contribution in [0.15, 0.2) is 122 Å². The van der Waals surface area contributed by atoms with Gasteiger partial charge in [0, 0.05) is 45.8 Å². The Morgan fingerprint density at radius 1 is 0.698 bits per heavy atom. The number of aromatic nitrogens is 4. The van der Waals surface area contributed by atoms with Gasteiger partial charge in [-0.2, -0.15) is 13.7 Å². The van der Waals surface area contributed by atoms with Crippen LogP contribution in [0.25, 0.3) is 38.9 Å². The maximum Gasteiger partial charge on any atom is 0.301 e. The standard InChI is InChI=1S/C36H26N4O2P/c41-43-31-12-4-2-10-25(31)26-15-17-30-28(35(26)43)23-39-33(42-30)18-16-27-24-9-1-3-11-29(24)40(36(27)39)32-13-5-7-19-37(32)21-22-38-20-8-6-14-34(38)43/h1-20H,21-23H2/q+3. The number of nitrogens with zero attached hydrogens (tertiary/aromatic N) is 4. The topological polar surface area (TPSA) is 42.9 Å². The zero-order valence-corrected chi connectivity index (χ0v) is 24.1. The summed E-state index contributed by atoms with van der Waals surface area (Å²) in [5, 5.41) is 4.17. The maximum absolute atomic E-state index is 16.0. The van der Waals surface area contributed by atoms with E-state index in [2.05, 4.69) is 116 Å². The van der Waals surface area contributed by atoms with Crippen molar-refractivity contribution in [2.45, 2.75) is 19.6 Å². The summed E-state index contributed by atoms with van der Waals surface area (Å²) in [4.78, 5) is 0. The van der Waals surface area contributed by atoms with Crippen LogP contribution in [0.3, 0.4) is 0 Å². The molecule has 4 aromatic heterocycles. The van der Waals surface area contributed by atoms with Gasteiger partial charge in [-0.3, -0.25) is 0 Å². The van der Waals surface area contributed by atoms with Crippen molar-refractivity contribution in [3.05, 3.63) is 127 Å². The summed E-state index contributed by atoms with van der Waals surface area (Å²) in [6.07, 6.45) is 4.22. The lowest BCUT2D eigenvalue weighted by Crippen LogP contribution is -2.55. The van der Waals surface area contributed by atoms with Crippen LogP contribution in [0.4, 0.5) is 0 Å². The van der Waals surface area contributed by atoms with Gasteiger partial charge in [-0.1, -0.05) is 42.5 Å². The van der Waals surface area contributed by atoms with E-state index >= 15 is 4.57 Å². The third-order valence-corrected chi connectivity index (χ3v) is 12.6. The van der Waals surface area contributed by atoms with E-state index in [0.29, 0.717) is 19.6 Å². The summed E-state index contributed by atoms with van der Waals surface area (Å²) in [7, 11) is -3.25. The summed E-state index contributed by atoms with van der Waals surface area (Å²) in [6.45, 7) is 1.94. The minimum atomic E-state index is -3.25. The number of rotatable bonds is 0. The molecule has 0 aliphatic carbocycles. The lowest BCUT2D eigenvalue weighted by molar-refractivity contribution is -0.768. The van der Waals surface area contributed by atoms with Crippen molar-refractivity contribution in [3.8, 4) is 28.6 Å². The molecule has 204 valence electrons. The maximum atomic E-state index is 16.0. The molecule has 0 saturated heterocycles. The van der Waals surface area contributed by atoms with E-state index < -0.39 is 7.14 Å². The predicted molar refractivity (Wildman–Crippen MR) is 165 cm³/mol. The third-order valence-electron chi connectivity index (χ3n) is 9.39. The highest BCUT2D eigenvalue weighted by atomic mass is 31.2. The molecule has 7 heteroatoms. The molecule has 7 heterocycles. The highest BCUT2D eigenvalue weighted by Crippen LogP contribution is 2.54. The molecule has 0 spiro atoms. The predicted octanol–water partition coefficient (Wildman–Crippen LogP) is 4.43. The van der Waals surface area contributed by atoms with Gasteiger partial charge in [-0.15, -0.1) is 0 Å². The lowest BCUT2D eigenvalue weighted by atomic mass is 10.0. The van der Waals surface area contributed by atoms with Gasteiger partial charge < -0.3 is 9.30 Å². The second-order valence-corrected chi connectivity index (χ2v) is 14.1. The molecule has 0 saturated carbocycles. The van der Waals surface area contributed by atoms with Gasteiger partial charge in [0.15, 0.2) is 12.7 Å². The van der Waals surface area contributed by atoms with E-state index in [1.165, 1.54) is 5.39 Å². The molecule has 1 atom stereocenters. The number of benzene rings is 3. The van der Waals surface area contributed by atoms with Gasteiger partial charge in [-0.05, 0) is 53.6 Å². The zero-order valence-electron chi connectivity index (χ0n) is 23.2. The summed E-state index contributed by atoms with van der Waals surface area (Å²) in [6, 6.07) is 37.7. The molecule has 3 aliphatic rings. The lowest BCUT2D eigenvalue weighted by Gasteiger charge is -2.23. The Labute approximate surface area is 247 Å². The first-order valence-electron chi connectivity index (χ1n) is 14.7. The van der Waals surface area contributed by atoms with Crippen LogP contribution in [-0.4, -0.2) is 4.57 Å². The molecular weight excluding hydrogens is 551 g/mol. The average molecular weight is 578 g/mol. The van der Waals surface area contributed by atoms with Crippen LogP contribution >= 0.6 is 7.14 Å². The quantitative estimate of drug-likeness (QED) is 0.198. The number of aryl methyl sites for hydroxylation is 2. The van der Waals surface area contributed by atoms with E-state index in [1.807, 2.05) is 24.3 Å². The molecule has 3 aliphatic heterocycles. The SMILES string of the molecule is O=P12c3ccccc3-c3ccc4c(c31)C[n+]1c(ccc3c5ccccc5n(c31)-c1cccc[n+]1CC[n+]1ccccc12)O4. The Kier molecular flexibility index (Phi) is 4.52. The highest BCUT2D eigenvalue weighted by Gasteiger charge is 2.49. The second kappa shape index (κ2) is 8.27. The minimum Gasteiger partial charge on any atom is -0.423 e. The third kappa shape index (κ3) is 2.94. The second-order valence-electron chi connectivity index (χ2n) is 11.5. The monoisotopic (exact) mass is 577 g/mol. The smallest absolute Gasteiger partial charge is 0.301 e. The summed E-state index contributed by atoms with van der Waals surface area (Å²) < 4.78 is 31.9. The van der Waals surface area contributed by atoms with Crippen molar-refractivity contribution in [3.63, 3.8) is 0 Å². The fraction of sp³-hybridized carbons (Fsp3) is 0.0833. The van der Waals surface area contributed by atoms with Gasteiger partial charge in [0.2, 0.25) is 12.6 Å². The van der Waals surface area contributed by atoms with Crippen molar-refractivity contribution in [1.82, 2.24) is 4.57 Å². The van der Waals surface area contributed by atoms with E-state index in [-0.39, 0.29) is 0 Å². The van der Waals surface area contributed by atoms with Gasteiger partial charge in [-0.25, -0.2) is 4.57 Å². The van der Waals surface area contributed by atoms with Crippen molar-refractivity contribution in [2.24, 2.45) is 0 Å². The molecule has 1 unspecified atom stereocenters. The first-order valence-corrected chi connectivity index (χ1v) is 16.4. The Balaban J connectivity index is 1.39. The molecule has 7 aromatic rings. The largest absolute Gasteiger partial charge is 0.423 e. The minimum absolute atomic E-state index is 0.555. The summed E-state index contributed by atoms with van der Waals surface area (Å²) in [5.74, 6) is 2.63. The Hall–Kier alpha value is -5.06. The van der Waals surface area contributed by atoms with Crippen molar-refractivity contribution >= 4 is 45.1 Å². The Morgan fingerprint density at radius 3 is 2.44 bits per heavy atom. The molecule has 43 heavy (non-hydrogen) atoms. The number of fused-ring (bicyclic) bond motifs is 10. The number of hydrogen-bond acceptors (Lipinski definition) is 2. The molecule has 10 rings (SSSR count). The number of pyridine rings is 3. The molecule has 0 fully saturated rings. The van der Waals surface area contributed by atoms with Crippen LogP contribution in [0.5, 0.6) is 11.6 Å². The van der Waals surface area contributed by atoms with E-state index in [1.54, 1.807) is 0 Å². The molecule has 0 N–H and O–H groups in total. The molecule has 0 amide bonds. The van der Waals surface area contributed by atoms with Crippen molar-refractivity contribution in [1.29, 1.82) is 0 Å². The van der Waals surface area contributed by atoms with Crippen LogP contribution in [0.2, 0.25) is 0 Å². The fourth-order valence-electron chi connectivity index (χ4n) is 7.57. The first kappa shape index (κ1) is 23.5. The van der Waals surface area contributed by atoms with Gasteiger partial charge in [0.1, 0.15) is 24.4 Å². The van der Waals surface area contributed by atoms with Gasteiger partial charge >= 0.3 is 5.65 Å². The van der Waals surface area contributed by atoms with Crippen LogP contribution in [0, 0.1) is 0 Å². The summed E-state index contributed by atoms with van der Waals surface area (Å²) in [5.41, 5.74) is 6.15. The van der Waals surface area contributed by atoms with Crippen molar-refractivity contribution in [2.75, 3.05) is 0 Å². The number of ether oxygens (including phenoxy) is 1. The average Bonchev–Trinajstić information content (AvgIpc) is 3.53. The molecule has 2 bridgehead atoms. The van der Waals surface area contributed by atoms with Gasteiger partial charge in [0.25, 0.3) is 11.7 Å².